The smallest absolute Gasteiger partial charge is 0.243 e. The molecular formula is C28H23N7O2. The Balaban J connectivity index is 1.68. The maximum Gasteiger partial charge on any atom is 0.243 e. The molecule has 9 heteroatoms. The van der Waals surface area contributed by atoms with Crippen LogP contribution < -0.4 is 16.4 Å². The molecule has 2 amide bonds. The summed E-state index contributed by atoms with van der Waals surface area (Å²) in [6.07, 6.45) is 4.52. The van der Waals surface area contributed by atoms with Crippen molar-refractivity contribution >= 4 is 45.3 Å². The summed E-state index contributed by atoms with van der Waals surface area (Å²) in [6, 6.07) is 15.3. The van der Waals surface area contributed by atoms with Gasteiger partial charge < -0.3 is 20.9 Å². The lowest BCUT2D eigenvalue weighted by Crippen LogP contribution is -2.33. The van der Waals surface area contributed by atoms with Crippen molar-refractivity contribution in [2.24, 2.45) is 0 Å². The summed E-state index contributed by atoms with van der Waals surface area (Å²) in [7, 11) is 0. The molecule has 9 nitrogen and oxygen atoms in total. The number of aromatic nitrogens is 4. The number of hydrogen-bond donors (Lipinski definition) is 3. The van der Waals surface area contributed by atoms with Crippen LogP contribution in [0.4, 0.5) is 11.5 Å². The molecule has 0 bridgehead atoms. The van der Waals surface area contributed by atoms with Crippen molar-refractivity contribution in [2.75, 3.05) is 11.1 Å². The quantitative estimate of drug-likeness (QED) is 0.325. The zero-order chi connectivity index (χ0) is 25.7. The van der Waals surface area contributed by atoms with E-state index in [1.165, 1.54) is 19.3 Å². The molecule has 5 aromatic rings. The van der Waals surface area contributed by atoms with E-state index >= 15 is 0 Å². The summed E-state index contributed by atoms with van der Waals surface area (Å²) in [5.41, 5.74) is 12.9. The van der Waals surface area contributed by atoms with Crippen molar-refractivity contribution in [3.63, 3.8) is 0 Å². The van der Waals surface area contributed by atoms with E-state index in [2.05, 4.69) is 38.2 Å². The first kappa shape index (κ1) is 22.4. The zero-order valence-corrected chi connectivity index (χ0v) is 20.0. The molecule has 0 radical (unpaired) electrons. The number of benzene rings is 2. The third-order valence-electron chi connectivity index (χ3n) is 6.62. The Labute approximate surface area is 212 Å². The summed E-state index contributed by atoms with van der Waals surface area (Å²) < 4.78 is 2.05. The van der Waals surface area contributed by atoms with Crippen LogP contribution in [0.3, 0.4) is 0 Å². The largest absolute Gasteiger partial charge is 0.383 e. The predicted octanol–water partition coefficient (Wildman–Crippen LogP) is 4.21. The van der Waals surface area contributed by atoms with Gasteiger partial charge in [-0.2, -0.15) is 0 Å². The fourth-order valence-corrected chi connectivity index (χ4v) is 5.12. The molecule has 4 heterocycles. The third-order valence-corrected chi connectivity index (χ3v) is 6.62. The highest BCUT2D eigenvalue weighted by atomic mass is 16.2. The number of carbonyl (C=O) groups is 2. The van der Waals surface area contributed by atoms with E-state index in [1.807, 2.05) is 53.2 Å². The van der Waals surface area contributed by atoms with Crippen molar-refractivity contribution in [1.29, 1.82) is 0 Å². The van der Waals surface area contributed by atoms with Crippen LogP contribution in [-0.4, -0.2) is 31.3 Å². The van der Waals surface area contributed by atoms with Gasteiger partial charge in [-0.1, -0.05) is 30.8 Å². The van der Waals surface area contributed by atoms with E-state index in [9.17, 15) is 9.59 Å². The molecule has 0 saturated carbocycles. The highest BCUT2D eigenvalue weighted by Gasteiger charge is 2.32. The molecule has 2 aromatic carbocycles. The first-order valence-electron chi connectivity index (χ1n) is 11.8. The lowest BCUT2D eigenvalue weighted by molar-refractivity contribution is -0.117. The maximum absolute atomic E-state index is 12.3. The minimum absolute atomic E-state index is 0.179. The van der Waals surface area contributed by atoms with Crippen LogP contribution in [0.25, 0.3) is 44.3 Å². The number of carbonyl (C=O) groups excluding carboxylic acids is 2. The number of para-hydroxylation sites is 1. The molecule has 1 aliphatic heterocycles. The second kappa shape index (κ2) is 8.56. The lowest BCUT2D eigenvalue weighted by atomic mass is 9.90. The van der Waals surface area contributed by atoms with Gasteiger partial charge in [0.05, 0.1) is 22.6 Å². The van der Waals surface area contributed by atoms with E-state index in [0.717, 1.165) is 38.9 Å². The average molecular weight is 490 g/mol. The van der Waals surface area contributed by atoms with E-state index in [4.69, 9.17) is 5.73 Å². The number of hydrogen-bond acceptors (Lipinski definition) is 6. The van der Waals surface area contributed by atoms with Crippen LogP contribution in [0.5, 0.6) is 0 Å². The molecule has 37 heavy (non-hydrogen) atoms. The summed E-state index contributed by atoms with van der Waals surface area (Å²) in [4.78, 5) is 37.7. The number of rotatable bonds is 4. The Kier molecular flexibility index (Phi) is 5.19. The average Bonchev–Trinajstić information content (AvgIpc) is 3.23. The number of fused-ring (bicyclic) bond motifs is 6. The molecule has 182 valence electrons. The molecule has 1 aliphatic rings. The van der Waals surface area contributed by atoms with E-state index in [1.54, 1.807) is 0 Å². The molecule has 1 atom stereocenters. The van der Waals surface area contributed by atoms with Crippen molar-refractivity contribution in [3.05, 3.63) is 79.3 Å². The van der Waals surface area contributed by atoms with E-state index in [0.29, 0.717) is 29.1 Å². The van der Waals surface area contributed by atoms with Crippen LogP contribution in [0, 0.1) is 0 Å². The Morgan fingerprint density at radius 1 is 1.14 bits per heavy atom. The van der Waals surface area contributed by atoms with Crippen LogP contribution in [-0.2, 0) is 16.1 Å². The fourth-order valence-electron chi connectivity index (χ4n) is 5.12. The number of nitrogens with one attached hydrogen (secondary N) is 2. The summed E-state index contributed by atoms with van der Waals surface area (Å²) in [5.74, 6) is -0.113. The number of nitrogens with two attached hydrogens (primary N) is 1. The van der Waals surface area contributed by atoms with Gasteiger partial charge in [0.25, 0.3) is 0 Å². The van der Waals surface area contributed by atoms with Gasteiger partial charge in [0.15, 0.2) is 0 Å². The molecule has 0 fully saturated rings. The van der Waals surface area contributed by atoms with E-state index < -0.39 is 0 Å². The first-order chi connectivity index (χ1) is 17.9. The molecule has 0 saturated heterocycles. The van der Waals surface area contributed by atoms with Crippen LogP contribution >= 0.6 is 0 Å². The summed E-state index contributed by atoms with van der Waals surface area (Å²) in [5, 5.41) is 7.59. The van der Waals surface area contributed by atoms with Crippen LogP contribution in [0.15, 0.2) is 73.7 Å². The highest BCUT2D eigenvalue weighted by Crippen LogP contribution is 2.48. The number of pyridine rings is 1. The van der Waals surface area contributed by atoms with Crippen molar-refractivity contribution in [2.45, 2.75) is 19.5 Å². The van der Waals surface area contributed by atoms with Crippen molar-refractivity contribution in [1.82, 2.24) is 24.8 Å². The molecule has 6 rings (SSSR count). The SMILES string of the molecule is C=CC(=O)NC1Cn2c(c(-c3cnc4ccccc4c3)c3c(N)ncnc32)-c2cc(NC(C)=O)ccc21. The van der Waals surface area contributed by atoms with Gasteiger partial charge in [0.1, 0.15) is 17.8 Å². The monoisotopic (exact) mass is 489 g/mol. The Bertz CT molecular complexity index is 1760. The number of anilines is 2. The van der Waals surface area contributed by atoms with Gasteiger partial charge in [0.2, 0.25) is 11.8 Å². The van der Waals surface area contributed by atoms with Crippen molar-refractivity contribution < 1.29 is 9.59 Å². The van der Waals surface area contributed by atoms with Crippen LogP contribution in [0.1, 0.15) is 18.5 Å². The summed E-state index contributed by atoms with van der Waals surface area (Å²) in [6.45, 7) is 5.48. The third kappa shape index (κ3) is 3.68. The summed E-state index contributed by atoms with van der Waals surface area (Å²) >= 11 is 0. The Hall–Kier alpha value is -5.05. The van der Waals surface area contributed by atoms with Gasteiger partial charge >= 0.3 is 0 Å². The van der Waals surface area contributed by atoms with Crippen molar-refractivity contribution in [3.8, 4) is 22.4 Å². The molecule has 3 aromatic heterocycles. The molecule has 4 N–H and O–H groups in total. The van der Waals surface area contributed by atoms with Gasteiger partial charge in [-0.25, -0.2) is 9.97 Å². The maximum atomic E-state index is 12.3. The normalized spacial score (nSPS) is 14.1. The molecule has 0 aliphatic carbocycles. The van der Waals surface area contributed by atoms with Gasteiger partial charge in [-0.15, -0.1) is 0 Å². The number of amides is 2. The topological polar surface area (TPSA) is 128 Å². The molecular weight excluding hydrogens is 466 g/mol. The first-order valence-corrected chi connectivity index (χ1v) is 11.8. The zero-order valence-electron chi connectivity index (χ0n) is 20.0. The Morgan fingerprint density at radius 2 is 1.97 bits per heavy atom. The number of nitrogens with zero attached hydrogens (tertiary/aromatic N) is 4. The fraction of sp³-hybridized carbons (Fsp3) is 0.107. The van der Waals surface area contributed by atoms with Gasteiger partial charge in [-0.3, -0.25) is 14.6 Å². The van der Waals surface area contributed by atoms with Gasteiger partial charge in [-0.05, 0) is 35.9 Å². The van der Waals surface area contributed by atoms with Gasteiger partial charge in [0, 0.05) is 47.4 Å². The standard InChI is InChI=1S/C28H23N7O2/c1-3-23(37)34-22-13-35-26(20-11-18(33-15(2)36)8-9-19(20)22)24(25-27(29)31-14-32-28(25)35)17-10-16-6-4-5-7-21(16)30-12-17/h3-12,14,22H,1,13H2,2H3,(H,33,36)(H,34,37)(H2,29,31,32). The highest BCUT2D eigenvalue weighted by molar-refractivity contribution is 6.09. The lowest BCUT2D eigenvalue weighted by Gasteiger charge is -2.29. The predicted molar refractivity (Wildman–Crippen MR) is 143 cm³/mol. The number of nitrogen functional groups attached to an aromatic ring is 1. The Morgan fingerprint density at radius 3 is 2.78 bits per heavy atom. The minimum Gasteiger partial charge on any atom is -0.383 e. The molecule has 0 spiro atoms. The van der Waals surface area contributed by atoms with E-state index in [-0.39, 0.29) is 17.9 Å². The second-order valence-corrected chi connectivity index (χ2v) is 8.96. The van der Waals surface area contributed by atoms with Crippen LogP contribution in [0.2, 0.25) is 0 Å². The minimum atomic E-state index is -0.353. The molecule has 1 unspecified atom stereocenters. The second-order valence-electron chi connectivity index (χ2n) is 8.96.